The van der Waals surface area contributed by atoms with E-state index in [2.05, 4.69) is 15.3 Å². The molecule has 2 rings (SSSR count). The molecule has 1 heterocycles. The molecule has 0 fully saturated rings. The Morgan fingerprint density at radius 3 is 2.45 bits per heavy atom. The smallest absolute Gasteiger partial charge is 0.407 e. The van der Waals surface area contributed by atoms with Crippen LogP contribution in [0.1, 0.15) is 21.7 Å². The molecule has 1 amide bonds. The number of aromatic nitrogens is 2. The molecule has 0 atom stereocenters. The number of carboxylic acids is 1. The van der Waals surface area contributed by atoms with Gasteiger partial charge in [-0.3, -0.25) is 0 Å². The van der Waals surface area contributed by atoms with Crippen LogP contribution < -0.4 is 5.32 Å². The molecular formula is C15H15N3O4. The van der Waals surface area contributed by atoms with Gasteiger partial charge in [0.2, 0.25) is 0 Å². The molecule has 0 radical (unpaired) electrons. The van der Waals surface area contributed by atoms with Crippen LogP contribution in [-0.2, 0) is 17.8 Å². The average molecular weight is 301 g/mol. The molecule has 0 aliphatic rings. The number of carboxylic acid groups (broad SMARTS) is 1. The molecule has 2 N–H and O–H groups in total. The number of nitrogens with zero attached hydrogens (tertiary/aromatic N) is 2. The largest absolute Gasteiger partial charge is 0.478 e. The van der Waals surface area contributed by atoms with Crippen LogP contribution in [0.15, 0.2) is 42.7 Å². The number of amides is 1. The first-order valence-electron chi connectivity index (χ1n) is 6.64. The van der Waals surface area contributed by atoms with Crippen LogP contribution in [0, 0.1) is 0 Å². The lowest BCUT2D eigenvalue weighted by molar-refractivity contribution is 0.0696. The van der Waals surface area contributed by atoms with Gasteiger partial charge in [0.05, 0.1) is 5.56 Å². The summed E-state index contributed by atoms with van der Waals surface area (Å²) in [5.41, 5.74) is 0.934. The van der Waals surface area contributed by atoms with Gasteiger partial charge < -0.3 is 15.2 Å². The van der Waals surface area contributed by atoms with Gasteiger partial charge in [-0.15, -0.1) is 0 Å². The third-order valence-corrected chi connectivity index (χ3v) is 2.78. The number of rotatable bonds is 6. The molecule has 0 unspecified atom stereocenters. The van der Waals surface area contributed by atoms with Crippen LogP contribution in [-0.4, -0.2) is 33.7 Å². The van der Waals surface area contributed by atoms with Crippen molar-refractivity contribution in [1.29, 1.82) is 0 Å². The summed E-state index contributed by atoms with van der Waals surface area (Å²) >= 11 is 0. The van der Waals surface area contributed by atoms with Gasteiger partial charge >= 0.3 is 12.1 Å². The molecule has 0 saturated carbocycles. The zero-order chi connectivity index (χ0) is 15.8. The Morgan fingerprint density at radius 1 is 1.14 bits per heavy atom. The number of carbonyl (C=O) groups excluding carboxylic acids is 1. The second-order valence-electron chi connectivity index (χ2n) is 4.43. The molecule has 1 aromatic heterocycles. The lowest BCUT2D eigenvalue weighted by Crippen LogP contribution is -2.26. The van der Waals surface area contributed by atoms with Crippen molar-refractivity contribution in [3.63, 3.8) is 0 Å². The molecule has 0 saturated heterocycles. The van der Waals surface area contributed by atoms with Gasteiger partial charge in [0.15, 0.2) is 0 Å². The lowest BCUT2D eigenvalue weighted by atomic mass is 10.2. The van der Waals surface area contributed by atoms with Crippen LogP contribution in [0.3, 0.4) is 0 Å². The maximum Gasteiger partial charge on any atom is 0.407 e. The summed E-state index contributed by atoms with van der Waals surface area (Å²) in [7, 11) is 0. The second-order valence-corrected chi connectivity index (χ2v) is 4.43. The first-order chi connectivity index (χ1) is 10.6. The van der Waals surface area contributed by atoms with E-state index in [4.69, 9.17) is 9.84 Å². The summed E-state index contributed by atoms with van der Waals surface area (Å²) in [4.78, 5) is 30.0. The third kappa shape index (κ3) is 4.86. The summed E-state index contributed by atoms with van der Waals surface area (Å²) in [6.07, 6.45) is 2.34. The standard InChI is InChI=1S/C15H15N3O4/c19-14(20)12-8-17-13(18-9-12)6-7-16-15(21)22-10-11-4-2-1-3-5-11/h1-5,8-9H,6-7,10H2,(H,16,21)(H,19,20). The minimum absolute atomic E-state index is 0.0268. The van der Waals surface area contributed by atoms with E-state index in [1.165, 1.54) is 12.4 Å². The van der Waals surface area contributed by atoms with Gasteiger partial charge in [-0.05, 0) is 5.56 Å². The molecular weight excluding hydrogens is 286 g/mol. The van der Waals surface area contributed by atoms with Gasteiger partial charge in [0, 0.05) is 25.4 Å². The van der Waals surface area contributed by atoms with E-state index in [1.54, 1.807) is 0 Å². The quantitative estimate of drug-likeness (QED) is 0.841. The number of nitrogens with one attached hydrogen (secondary N) is 1. The van der Waals surface area contributed by atoms with Gasteiger partial charge in [-0.1, -0.05) is 30.3 Å². The summed E-state index contributed by atoms with van der Waals surface area (Å²) in [6, 6.07) is 9.36. The van der Waals surface area contributed by atoms with E-state index in [-0.39, 0.29) is 12.2 Å². The number of hydrogen-bond acceptors (Lipinski definition) is 5. The number of carbonyl (C=O) groups is 2. The van der Waals surface area contributed by atoms with Crippen LogP contribution in [0.2, 0.25) is 0 Å². The van der Waals surface area contributed by atoms with Crippen molar-refractivity contribution in [2.75, 3.05) is 6.54 Å². The summed E-state index contributed by atoms with van der Waals surface area (Å²) in [5.74, 6) is -0.623. The monoisotopic (exact) mass is 301 g/mol. The lowest BCUT2D eigenvalue weighted by Gasteiger charge is -2.06. The summed E-state index contributed by atoms with van der Waals surface area (Å²) in [6.45, 7) is 0.510. The molecule has 1 aromatic carbocycles. The van der Waals surface area contributed by atoms with Crippen molar-refractivity contribution in [2.45, 2.75) is 13.0 Å². The van der Waals surface area contributed by atoms with E-state index in [0.717, 1.165) is 5.56 Å². The summed E-state index contributed by atoms with van der Waals surface area (Å²) < 4.78 is 5.05. The predicted octanol–water partition coefficient (Wildman–Crippen LogP) is 1.64. The Kier molecular flexibility index (Phi) is 5.42. The normalized spacial score (nSPS) is 10.0. The Morgan fingerprint density at radius 2 is 1.82 bits per heavy atom. The Hall–Kier alpha value is -2.96. The van der Waals surface area contributed by atoms with Crippen molar-refractivity contribution in [3.8, 4) is 0 Å². The van der Waals surface area contributed by atoms with Gasteiger partial charge in [-0.2, -0.15) is 0 Å². The van der Waals surface area contributed by atoms with Crippen molar-refractivity contribution in [3.05, 3.63) is 59.7 Å². The van der Waals surface area contributed by atoms with Gasteiger partial charge in [0.25, 0.3) is 0 Å². The number of ether oxygens (including phenoxy) is 1. The average Bonchev–Trinajstić information content (AvgIpc) is 2.54. The Balaban J connectivity index is 1.69. The minimum atomic E-state index is -1.07. The van der Waals surface area contributed by atoms with E-state index in [1.807, 2.05) is 30.3 Å². The van der Waals surface area contributed by atoms with Crippen LogP contribution in [0.5, 0.6) is 0 Å². The van der Waals surface area contributed by atoms with Crippen molar-refractivity contribution >= 4 is 12.1 Å². The molecule has 22 heavy (non-hydrogen) atoms. The first kappa shape index (κ1) is 15.4. The summed E-state index contributed by atoms with van der Waals surface area (Å²) in [5, 5.41) is 11.3. The topological polar surface area (TPSA) is 101 Å². The zero-order valence-corrected chi connectivity index (χ0v) is 11.7. The van der Waals surface area contributed by atoms with Gasteiger partial charge in [-0.25, -0.2) is 19.6 Å². The van der Waals surface area contributed by atoms with E-state index >= 15 is 0 Å². The molecule has 2 aromatic rings. The fourth-order valence-electron chi connectivity index (χ4n) is 1.64. The highest BCUT2D eigenvalue weighted by atomic mass is 16.5. The van der Waals surface area contributed by atoms with Gasteiger partial charge in [0.1, 0.15) is 12.4 Å². The number of aromatic carboxylic acids is 1. The van der Waals surface area contributed by atoms with E-state index in [9.17, 15) is 9.59 Å². The molecule has 7 nitrogen and oxygen atoms in total. The number of alkyl carbamates (subject to hydrolysis) is 1. The third-order valence-electron chi connectivity index (χ3n) is 2.78. The molecule has 114 valence electrons. The predicted molar refractivity (Wildman–Crippen MR) is 77.3 cm³/mol. The Labute approximate surface area is 127 Å². The highest BCUT2D eigenvalue weighted by molar-refractivity contribution is 5.86. The highest BCUT2D eigenvalue weighted by Crippen LogP contribution is 2.00. The maximum absolute atomic E-state index is 11.5. The molecule has 7 heteroatoms. The van der Waals surface area contributed by atoms with Crippen LogP contribution in [0.4, 0.5) is 4.79 Å². The highest BCUT2D eigenvalue weighted by Gasteiger charge is 2.06. The first-order valence-corrected chi connectivity index (χ1v) is 6.64. The van der Waals surface area contributed by atoms with E-state index < -0.39 is 12.1 Å². The molecule has 0 spiro atoms. The molecule has 0 aliphatic carbocycles. The van der Waals surface area contributed by atoms with E-state index in [0.29, 0.717) is 18.8 Å². The minimum Gasteiger partial charge on any atom is -0.478 e. The molecule has 0 aliphatic heterocycles. The van der Waals surface area contributed by atoms with Crippen molar-refractivity contribution in [2.24, 2.45) is 0 Å². The SMILES string of the molecule is O=C(NCCc1ncc(C(=O)O)cn1)OCc1ccccc1. The fourth-order valence-corrected chi connectivity index (χ4v) is 1.64. The fraction of sp³-hybridized carbons (Fsp3) is 0.200. The molecule has 0 bridgehead atoms. The zero-order valence-electron chi connectivity index (χ0n) is 11.7. The second kappa shape index (κ2) is 7.72. The Bertz CT molecular complexity index is 629. The van der Waals surface area contributed by atoms with Crippen LogP contribution >= 0.6 is 0 Å². The number of benzene rings is 1. The van der Waals surface area contributed by atoms with Crippen LogP contribution in [0.25, 0.3) is 0 Å². The van der Waals surface area contributed by atoms with Crippen molar-refractivity contribution < 1.29 is 19.4 Å². The van der Waals surface area contributed by atoms with Crippen molar-refractivity contribution in [1.82, 2.24) is 15.3 Å². The maximum atomic E-state index is 11.5. The number of hydrogen-bond donors (Lipinski definition) is 2.